The lowest BCUT2D eigenvalue weighted by Gasteiger charge is -2.04. The average molecular weight is 314 g/mol. The van der Waals surface area contributed by atoms with Crippen LogP contribution in [-0.2, 0) is 12.3 Å². The fourth-order valence-electron chi connectivity index (χ4n) is 1.45. The second-order valence-corrected chi connectivity index (χ2v) is 5.23. The summed E-state index contributed by atoms with van der Waals surface area (Å²) in [6.45, 7) is 2.56. The molecule has 1 aromatic heterocycles. The van der Waals surface area contributed by atoms with Crippen molar-refractivity contribution in [1.29, 1.82) is 0 Å². The molecule has 0 radical (unpaired) electrons. The van der Waals surface area contributed by atoms with Crippen LogP contribution in [0.3, 0.4) is 0 Å². The van der Waals surface area contributed by atoms with E-state index in [-0.39, 0.29) is 5.69 Å². The molecule has 1 N–H and O–H groups in total. The van der Waals surface area contributed by atoms with E-state index < -0.39 is 0 Å². The fraction of sp³-hybridized carbons (Fsp3) is 0.273. The van der Waals surface area contributed by atoms with Gasteiger partial charge >= 0.3 is 5.69 Å². The summed E-state index contributed by atoms with van der Waals surface area (Å²) in [6, 6.07) is 8.04. The Morgan fingerprint density at radius 2 is 2.24 bits per heavy atom. The molecule has 0 aliphatic carbocycles. The van der Waals surface area contributed by atoms with E-state index in [2.05, 4.69) is 32.2 Å². The number of hydrogen-bond acceptors (Lipinski definition) is 3. The molecule has 0 saturated carbocycles. The molecule has 0 aliphatic rings. The van der Waals surface area contributed by atoms with Gasteiger partial charge in [-0.25, -0.2) is 9.89 Å². The first kappa shape index (κ1) is 12.4. The van der Waals surface area contributed by atoms with Crippen LogP contribution in [0, 0.1) is 0 Å². The van der Waals surface area contributed by atoms with Gasteiger partial charge in [0.25, 0.3) is 0 Å². The maximum atomic E-state index is 11.4. The van der Waals surface area contributed by atoms with Crippen molar-refractivity contribution in [2.45, 2.75) is 24.4 Å². The minimum Gasteiger partial charge on any atom is -0.270 e. The lowest BCUT2D eigenvalue weighted by atomic mass is 10.2. The molecule has 0 fully saturated rings. The molecule has 90 valence electrons. The molecule has 6 heteroatoms. The number of hydrogen-bond donors (Lipinski definition) is 1. The SMILES string of the molecule is CCn1c(SCc2ccccc2Br)n[nH]c1=O. The van der Waals surface area contributed by atoms with Crippen LogP contribution in [0.4, 0.5) is 0 Å². The monoisotopic (exact) mass is 313 g/mol. The molecule has 0 saturated heterocycles. The lowest BCUT2D eigenvalue weighted by molar-refractivity contribution is 0.660. The number of nitrogens with one attached hydrogen (secondary N) is 1. The van der Waals surface area contributed by atoms with Crippen LogP contribution in [0.1, 0.15) is 12.5 Å². The maximum absolute atomic E-state index is 11.4. The molecule has 2 aromatic rings. The quantitative estimate of drug-likeness (QED) is 0.883. The van der Waals surface area contributed by atoms with Gasteiger partial charge in [-0.15, -0.1) is 5.10 Å². The second-order valence-electron chi connectivity index (χ2n) is 3.44. The number of H-pyrrole nitrogens is 1. The van der Waals surface area contributed by atoms with Gasteiger partial charge in [0, 0.05) is 16.8 Å². The molecule has 0 bridgehead atoms. The molecule has 2 rings (SSSR count). The second kappa shape index (κ2) is 5.55. The van der Waals surface area contributed by atoms with Crippen molar-refractivity contribution in [3.8, 4) is 0 Å². The first-order valence-corrected chi connectivity index (χ1v) is 7.01. The maximum Gasteiger partial charge on any atom is 0.343 e. The van der Waals surface area contributed by atoms with Crippen LogP contribution in [-0.4, -0.2) is 14.8 Å². The molecule has 0 atom stereocenters. The molecule has 17 heavy (non-hydrogen) atoms. The van der Waals surface area contributed by atoms with E-state index >= 15 is 0 Å². The summed E-state index contributed by atoms with van der Waals surface area (Å²) in [5.41, 5.74) is 1.04. The summed E-state index contributed by atoms with van der Waals surface area (Å²) in [4.78, 5) is 11.4. The van der Waals surface area contributed by atoms with E-state index in [0.29, 0.717) is 6.54 Å². The van der Waals surface area contributed by atoms with E-state index in [1.165, 1.54) is 5.56 Å². The topological polar surface area (TPSA) is 50.7 Å². The summed E-state index contributed by atoms with van der Waals surface area (Å²) in [6.07, 6.45) is 0. The molecular weight excluding hydrogens is 302 g/mol. The Labute approximate surface area is 112 Å². The van der Waals surface area contributed by atoms with Gasteiger partial charge in [0.2, 0.25) is 0 Å². The Balaban J connectivity index is 2.13. The van der Waals surface area contributed by atoms with Crippen LogP contribution in [0.2, 0.25) is 0 Å². The highest BCUT2D eigenvalue weighted by molar-refractivity contribution is 9.10. The van der Waals surface area contributed by atoms with E-state index in [4.69, 9.17) is 0 Å². The number of aromatic amines is 1. The summed E-state index contributed by atoms with van der Waals surface area (Å²) in [5.74, 6) is 0.783. The zero-order valence-corrected chi connectivity index (χ0v) is 11.7. The molecule has 1 heterocycles. The highest BCUT2D eigenvalue weighted by atomic mass is 79.9. The molecule has 1 aromatic carbocycles. The highest BCUT2D eigenvalue weighted by Crippen LogP contribution is 2.24. The zero-order valence-electron chi connectivity index (χ0n) is 9.31. The van der Waals surface area contributed by atoms with Crippen molar-refractivity contribution in [2.24, 2.45) is 0 Å². The van der Waals surface area contributed by atoms with Crippen LogP contribution in [0.5, 0.6) is 0 Å². The Morgan fingerprint density at radius 1 is 1.47 bits per heavy atom. The van der Waals surface area contributed by atoms with Gasteiger partial charge in [-0.1, -0.05) is 45.9 Å². The summed E-state index contributed by atoms with van der Waals surface area (Å²) in [5, 5.41) is 7.20. The van der Waals surface area contributed by atoms with Gasteiger partial charge in [0.05, 0.1) is 0 Å². The van der Waals surface area contributed by atoms with Crippen molar-refractivity contribution in [2.75, 3.05) is 0 Å². The Morgan fingerprint density at radius 3 is 2.94 bits per heavy atom. The van der Waals surface area contributed by atoms with E-state index in [1.54, 1.807) is 16.3 Å². The van der Waals surface area contributed by atoms with Crippen LogP contribution in [0.15, 0.2) is 38.7 Å². The van der Waals surface area contributed by atoms with E-state index in [0.717, 1.165) is 15.4 Å². The molecular formula is C11H12BrN3OS. The molecule has 0 unspecified atom stereocenters. The predicted molar refractivity (Wildman–Crippen MR) is 72.2 cm³/mol. The van der Waals surface area contributed by atoms with Crippen LogP contribution < -0.4 is 5.69 Å². The summed E-state index contributed by atoms with van der Waals surface area (Å²) < 4.78 is 2.70. The van der Waals surface area contributed by atoms with Gasteiger partial charge in [-0.05, 0) is 18.6 Å². The number of benzene rings is 1. The third-order valence-electron chi connectivity index (χ3n) is 2.35. The largest absolute Gasteiger partial charge is 0.343 e. The van der Waals surface area contributed by atoms with Crippen molar-refractivity contribution < 1.29 is 0 Å². The number of halogens is 1. The molecule has 0 spiro atoms. The van der Waals surface area contributed by atoms with Gasteiger partial charge in [-0.2, -0.15) is 0 Å². The number of aromatic nitrogens is 3. The molecule has 4 nitrogen and oxygen atoms in total. The summed E-state index contributed by atoms with van der Waals surface area (Å²) in [7, 11) is 0. The van der Waals surface area contributed by atoms with E-state index in [1.807, 2.05) is 25.1 Å². The normalized spacial score (nSPS) is 10.7. The Kier molecular flexibility index (Phi) is 4.06. The van der Waals surface area contributed by atoms with Gasteiger partial charge in [0.1, 0.15) is 0 Å². The number of thioether (sulfide) groups is 1. The first-order chi connectivity index (χ1) is 8.22. The standard InChI is InChI=1S/C11H12BrN3OS/c1-2-15-10(16)13-14-11(15)17-7-8-5-3-4-6-9(8)12/h3-6H,2,7H2,1H3,(H,13,16). The minimum atomic E-state index is -0.151. The first-order valence-electron chi connectivity index (χ1n) is 5.23. The highest BCUT2D eigenvalue weighted by Gasteiger charge is 2.08. The fourth-order valence-corrected chi connectivity index (χ4v) is 3.07. The third-order valence-corrected chi connectivity index (χ3v) is 4.15. The lowest BCUT2D eigenvalue weighted by Crippen LogP contribution is -2.16. The van der Waals surface area contributed by atoms with E-state index in [9.17, 15) is 4.79 Å². The smallest absolute Gasteiger partial charge is 0.270 e. The predicted octanol–water partition coefficient (Wildman–Crippen LogP) is 2.65. The summed E-state index contributed by atoms with van der Waals surface area (Å²) >= 11 is 5.05. The van der Waals surface area contributed by atoms with Gasteiger partial charge in [0.15, 0.2) is 5.16 Å². The van der Waals surface area contributed by atoms with Crippen LogP contribution >= 0.6 is 27.7 Å². The molecule has 0 amide bonds. The molecule has 0 aliphatic heterocycles. The zero-order chi connectivity index (χ0) is 12.3. The van der Waals surface area contributed by atoms with Gasteiger partial charge in [-0.3, -0.25) is 4.57 Å². The van der Waals surface area contributed by atoms with Crippen LogP contribution in [0.25, 0.3) is 0 Å². The van der Waals surface area contributed by atoms with Crippen molar-refractivity contribution in [3.05, 3.63) is 44.8 Å². The van der Waals surface area contributed by atoms with Crippen molar-refractivity contribution >= 4 is 27.7 Å². The average Bonchev–Trinajstić information content (AvgIpc) is 2.69. The number of nitrogens with zero attached hydrogens (tertiary/aromatic N) is 2. The minimum absolute atomic E-state index is 0.151. The van der Waals surface area contributed by atoms with Crippen molar-refractivity contribution in [3.63, 3.8) is 0 Å². The third kappa shape index (κ3) is 2.81. The van der Waals surface area contributed by atoms with Crippen molar-refractivity contribution in [1.82, 2.24) is 14.8 Å². The number of rotatable bonds is 4. The van der Waals surface area contributed by atoms with Gasteiger partial charge < -0.3 is 0 Å². The Hall–Kier alpha value is -1.01. The Bertz CT molecular complexity index is 564.